The monoisotopic (exact) mass is 574 g/mol. The van der Waals surface area contributed by atoms with Crippen molar-refractivity contribution in [2.45, 2.75) is 17.1 Å². The van der Waals surface area contributed by atoms with Crippen LogP contribution in [-0.2, 0) is 4.79 Å². The predicted octanol–water partition coefficient (Wildman–Crippen LogP) is 7.14. The number of amides is 2. The van der Waals surface area contributed by atoms with Crippen LogP contribution in [0.3, 0.4) is 0 Å². The summed E-state index contributed by atoms with van der Waals surface area (Å²) >= 11 is 13.3. The molecule has 0 heterocycles. The number of hydrogen-bond donors (Lipinski definition) is 2. The van der Waals surface area contributed by atoms with E-state index in [1.807, 2.05) is 0 Å². The minimum Gasteiger partial charge on any atom is -0.324 e. The first-order valence-electron chi connectivity index (χ1n) is 11.9. The van der Waals surface area contributed by atoms with E-state index >= 15 is 0 Å². The van der Waals surface area contributed by atoms with Gasteiger partial charge >= 0.3 is 0 Å². The normalized spacial score (nSPS) is 12.8. The van der Waals surface area contributed by atoms with Crippen LogP contribution in [0.15, 0.2) is 89.8 Å². The summed E-state index contributed by atoms with van der Waals surface area (Å²) in [5, 5.41) is 5.78. The van der Waals surface area contributed by atoms with E-state index in [9.17, 15) is 19.2 Å². The van der Waals surface area contributed by atoms with Crippen LogP contribution in [0.4, 0.5) is 11.4 Å². The van der Waals surface area contributed by atoms with Gasteiger partial charge in [0.2, 0.25) is 5.91 Å². The molecular weight excluding hydrogens is 555 g/mol. The standard InChI is InChI=1S/C30H20Cl2N2O4S/c1-16(39-19-12-10-18(11-13-19)33-30(38)22-14-9-17(31)15-24(22)32)29(37)34-25-8-4-7-23-26(25)28(36)21-6-3-2-5-20(21)27(23)35/h2-16H,1H3,(H,33,38)(H,34,37). The highest BCUT2D eigenvalue weighted by Crippen LogP contribution is 2.33. The van der Waals surface area contributed by atoms with Gasteiger partial charge in [-0.3, -0.25) is 19.2 Å². The summed E-state index contributed by atoms with van der Waals surface area (Å²) in [5.41, 5.74) is 2.32. The highest BCUT2D eigenvalue weighted by Gasteiger charge is 2.32. The first kappa shape index (κ1) is 26.7. The van der Waals surface area contributed by atoms with Crippen molar-refractivity contribution in [2.75, 3.05) is 10.6 Å². The summed E-state index contributed by atoms with van der Waals surface area (Å²) in [6, 6.07) is 23.2. The third-order valence-corrected chi connectivity index (χ3v) is 7.84. The lowest BCUT2D eigenvalue weighted by Crippen LogP contribution is -2.27. The van der Waals surface area contributed by atoms with E-state index in [0.29, 0.717) is 33.1 Å². The van der Waals surface area contributed by atoms with Crippen LogP contribution in [-0.4, -0.2) is 28.6 Å². The van der Waals surface area contributed by atoms with Crippen molar-refractivity contribution in [1.82, 2.24) is 0 Å². The van der Waals surface area contributed by atoms with Crippen molar-refractivity contribution in [1.29, 1.82) is 0 Å². The van der Waals surface area contributed by atoms with Gasteiger partial charge in [0.05, 0.1) is 27.1 Å². The number of carbonyl (C=O) groups is 4. The molecule has 0 aromatic heterocycles. The van der Waals surface area contributed by atoms with Crippen LogP contribution in [0.25, 0.3) is 0 Å². The first-order valence-corrected chi connectivity index (χ1v) is 13.5. The SMILES string of the molecule is CC(Sc1ccc(NC(=O)c2ccc(Cl)cc2Cl)cc1)C(=O)Nc1cccc2c1C(=O)c1ccccc1C2=O. The minimum atomic E-state index is -0.518. The van der Waals surface area contributed by atoms with Crippen molar-refractivity contribution >= 4 is 69.7 Å². The summed E-state index contributed by atoms with van der Waals surface area (Å²) in [6.45, 7) is 1.75. The lowest BCUT2D eigenvalue weighted by Gasteiger charge is -2.21. The van der Waals surface area contributed by atoms with Gasteiger partial charge in [-0.1, -0.05) is 59.6 Å². The second kappa shape index (κ2) is 11.1. The molecule has 1 unspecified atom stereocenters. The molecule has 2 amide bonds. The smallest absolute Gasteiger partial charge is 0.257 e. The Morgan fingerprint density at radius 1 is 0.769 bits per heavy atom. The number of benzene rings is 4. The van der Waals surface area contributed by atoms with Gasteiger partial charge in [0.25, 0.3) is 5.91 Å². The Hall–Kier alpha value is -3.91. The van der Waals surface area contributed by atoms with E-state index in [1.54, 1.807) is 85.8 Å². The second-order valence-electron chi connectivity index (χ2n) is 8.78. The Labute approximate surface area is 238 Å². The van der Waals surface area contributed by atoms with E-state index in [2.05, 4.69) is 10.6 Å². The zero-order chi connectivity index (χ0) is 27.7. The van der Waals surface area contributed by atoms with E-state index in [-0.39, 0.29) is 39.5 Å². The van der Waals surface area contributed by atoms with E-state index in [1.165, 1.54) is 17.8 Å². The zero-order valence-corrected chi connectivity index (χ0v) is 22.8. The maximum absolute atomic E-state index is 13.2. The largest absolute Gasteiger partial charge is 0.324 e. The fourth-order valence-electron chi connectivity index (χ4n) is 4.23. The Morgan fingerprint density at radius 2 is 1.44 bits per heavy atom. The number of halogens is 2. The molecule has 0 saturated heterocycles. The highest BCUT2D eigenvalue weighted by atomic mass is 35.5. The van der Waals surface area contributed by atoms with Crippen molar-refractivity contribution in [3.8, 4) is 0 Å². The first-order chi connectivity index (χ1) is 18.7. The van der Waals surface area contributed by atoms with E-state index in [4.69, 9.17) is 23.2 Å². The third kappa shape index (κ3) is 5.47. The van der Waals surface area contributed by atoms with Gasteiger partial charge in [0, 0.05) is 32.3 Å². The summed E-state index contributed by atoms with van der Waals surface area (Å²) in [4.78, 5) is 52.6. The Kier molecular flexibility index (Phi) is 7.57. The summed E-state index contributed by atoms with van der Waals surface area (Å²) in [6.07, 6.45) is 0. The Morgan fingerprint density at radius 3 is 2.13 bits per heavy atom. The molecule has 1 aliphatic carbocycles. The number of thioether (sulfide) groups is 1. The topological polar surface area (TPSA) is 92.3 Å². The van der Waals surface area contributed by atoms with Crippen molar-refractivity contribution in [2.24, 2.45) is 0 Å². The van der Waals surface area contributed by atoms with Crippen LogP contribution >= 0.6 is 35.0 Å². The number of ketones is 2. The van der Waals surface area contributed by atoms with Gasteiger partial charge in [-0.15, -0.1) is 11.8 Å². The molecule has 9 heteroatoms. The minimum absolute atomic E-state index is 0.202. The van der Waals surface area contributed by atoms with Crippen molar-refractivity contribution in [3.63, 3.8) is 0 Å². The highest BCUT2D eigenvalue weighted by molar-refractivity contribution is 8.00. The van der Waals surface area contributed by atoms with Crippen LogP contribution < -0.4 is 10.6 Å². The quantitative estimate of drug-likeness (QED) is 0.210. The molecule has 0 saturated carbocycles. The maximum atomic E-state index is 13.2. The molecular formula is C30H20Cl2N2O4S. The molecule has 0 bridgehead atoms. The van der Waals surface area contributed by atoms with Gasteiger partial charge in [-0.05, 0) is 55.5 Å². The molecule has 39 heavy (non-hydrogen) atoms. The maximum Gasteiger partial charge on any atom is 0.257 e. The molecule has 4 aromatic rings. The molecule has 5 rings (SSSR count). The average Bonchev–Trinajstić information content (AvgIpc) is 2.92. The number of nitrogens with one attached hydrogen (secondary N) is 2. The van der Waals surface area contributed by atoms with Gasteiger partial charge in [0.15, 0.2) is 11.6 Å². The average molecular weight is 575 g/mol. The Balaban J connectivity index is 1.26. The number of rotatable bonds is 6. The molecule has 2 N–H and O–H groups in total. The van der Waals surface area contributed by atoms with Crippen LogP contribution in [0.5, 0.6) is 0 Å². The van der Waals surface area contributed by atoms with Gasteiger partial charge in [0.1, 0.15) is 0 Å². The summed E-state index contributed by atoms with van der Waals surface area (Å²) < 4.78 is 0. The molecule has 0 aliphatic heterocycles. The predicted molar refractivity (Wildman–Crippen MR) is 155 cm³/mol. The van der Waals surface area contributed by atoms with Crippen LogP contribution in [0.1, 0.15) is 49.1 Å². The molecule has 1 atom stereocenters. The van der Waals surface area contributed by atoms with Gasteiger partial charge < -0.3 is 10.6 Å². The number of fused-ring (bicyclic) bond motifs is 2. The molecule has 0 spiro atoms. The van der Waals surface area contributed by atoms with Crippen LogP contribution in [0, 0.1) is 0 Å². The second-order valence-corrected chi connectivity index (χ2v) is 11.0. The van der Waals surface area contributed by atoms with Crippen LogP contribution in [0.2, 0.25) is 10.0 Å². The van der Waals surface area contributed by atoms with Gasteiger partial charge in [-0.2, -0.15) is 0 Å². The lowest BCUT2D eigenvalue weighted by molar-refractivity contribution is -0.115. The number of carbonyl (C=O) groups excluding carboxylic acids is 4. The molecule has 4 aromatic carbocycles. The summed E-state index contributed by atoms with van der Waals surface area (Å²) in [5.74, 6) is -1.23. The number of anilines is 2. The van der Waals surface area contributed by atoms with Gasteiger partial charge in [-0.25, -0.2) is 0 Å². The van der Waals surface area contributed by atoms with E-state index in [0.717, 1.165) is 4.90 Å². The third-order valence-electron chi connectivity index (χ3n) is 6.18. The molecule has 0 radical (unpaired) electrons. The molecule has 1 aliphatic rings. The molecule has 0 fully saturated rings. The zero-order valence-electron chi connectivity index (χ0n) is 20.5. The molecule has 194 valence electrons. The Bertz CT molecular complexity index is 1650. The fraction of sp³-hybridized carbons (Fsp3) is 0.0667. The van der Waals surface area contributed by atoms with E-state index < -0.39 is 5.25 Å². The number of hydrogen-bond acceptors (Lipinski definition) is 5. The fourth-order valence-corrected chi connectivity index (χ4v) is 5.59. The van der Waals surface area contributed by atoms with Crippen molar-refractivity contribution < 1.29 is 19.2 Å². The lowest BCUT2D eigenvalue weighted by atomic mass is 9.83. The van der Waals surface area contributed by atoms with Crippen molar-refractivity contribution in [3.05, 3.63) is 123 Å². The molecule has 6 nitrogen and oxygen atoms in total. The summed E-state index contributed by atoms with van der Waals surface area (Å²) in [7, 11) is 0.